The number of nitro groups is 2. The molecule has 140 valence electrons. The Hall–Kier alpha value is -4.02. The first-order valence-electron chi connectivity index (χ1n) is 7.45. The summed E-state index contributed by atoms with van der Waals surface area (Å²) in [7, 11) is 0. The second kappa shape index (κ2) is 8.38. The van der Waals surface area contributed by atoms with E-state index < -0.39 is 32.9 Å². The van der Waals surface area contributed by atoms with E-state index in [0.29, 0.717) is 11.8 Å². The van der Waals surface area contributed by atoms with Crippen molar-refractivity contribution in [3.63, 3.8) is 0 Å². The second-order valence-corrected chi connectivity index (χ2v) is 5.31. The van der Waals surface area contributed by atoms with Crippen LogP contribution in [0.2, 0.25) is 0 Å². The molecular weight excluding hydrogens is 360 g/mol. The highest BCUT2D eigenvalue weighted by Crippen LogP contribution is 2.33. The highest BCUT2D eigenvalue weighted by Gasteiger charge is 2.23. The molecule has 0 fully saturated rings. The molecule has 27 heavy (non-hydrogen) atoms. The van der Waals surface area contributed by atoms with Crippen molar-refractivity contribution in [1.82, 2.24) is 5.43 Å². The number of nitrogens with zero attached hydrogens (tertiary/aromatic N) is 3. The van der Waals surface area contributed by atoms with Crippen LogP contribution in [0.25, 0.3) is 0 Å². The minimum Gasteiger partial charge on any atom is -0.502 e. The first kappa shape index (κ1) is 19.3. The summed E-state index contributed by atoms with van der Waals surface area (Å²) in [6, 6.07) is 8.51. The van der Waals surface area contributed by atoms with Gasteiger partial charge in [-0.25, -0.2) is 5.43 Å². The standard InChI is InChI=1S/C16H14N4O7/c1-10-2-4-13(5-3-10)27-9-15(21)18-17-8-11-6-12(19(23)24)7-14(16(11)22)20(25)26/h2-8,22H,9H2,1H3,(H,18,21). The molecule has 0 unspecified atom stereocenters. The van der Waals surface area contributed by atoms with E-state index in [0.717, 1.165) is 17.8 Å². The molecule has 2 aromatic carbocycles. The topological polar surface area (TPSA) is 157 Å². The number of non-ortho nitro benzene ring substituents is 1. The highest BCUT2D eigenvalue weighted by atomic mass is 16.6. The minimum atomic E-state index is -0.965. The molecule has 1 amide bonds. The fraction of sp³-hybridized carbons (Fsp3) is 0.125. The lowest BCUT2D eigenvalue weighted by molar-refractivity contribution is -0.394. The molecule has 0 radical (unpaired) electrons. The number of hydrazone groups is 1. The molecule has 2 rings (SSSR count). The molecule has 0 atom stereocenters. The SMILES string of the molecule is Cc1ccc(OCC(=O)NN=Cc2cc([N+](=O)[O-])cc([N+](=O)[O-])c2O)cc1. The molecule has 0 aliphatic rings. The zero-order valence-electron chi connectivity index (χ0n) is 14.0. The third-order valence-corrected chi connectivity index (χ3v) is 3.30. The lowest BCUT2D eigenvalue weighted by Crippen LogP contribution is -2.24. The molecule has 0 heterocycles. The van der Waals surface area contributed by atoms with Crippen molar-refractivity contribution in [1.29, 1.82) is 0 Å². The van der Waals surface area contributed by atoms with Gasteiger partial charge in [0.2, 0.25) is 5.75 Å². The van der Waals surface area contributed by atoms with Crippen LogP contribution >= 0.6 is 0 Å². The number of aryl methyl sites for hydroxylation is 1. The Morgan fingerprint density at radius 1 is 1.22 bits per heavy atom. The van der Waals surface area contributed by atoms with Gasteiger partial charge >= 0.3 is 5.69 Å². The van der Waals surface area contributed by atoms with Crippen molar-refractivity contribution in [2.45, 2.75) is 6.92 Å². The van der Waals surface area contributed by atoms with Gasteiger partial charge < -0.3 is 9.84 Å². The molecule has 0 saturated carbocycles. The number of carbonyl (C=O) groups is 1. The van der Waals surface area contributed by atoms with Gasteiger partial charge in [-0.3, -0.25) is 25.0 Å². The zero-order valence-corrected chi connectivity index (χ0v) is 14.0. The fourth-order valence-electron chi connectivity index (χ4n) is 1.96. The van der Waals surface area contributed by atoms with E-state index in [-0.39, 0.29) is 12.2 Å². The van der Waals surface area contributed by atoms with Gasteiger partial charge in [-0.2, -0.15) is 5.10 Å². The Balaban J connectivity index is 2.04. The molecular formula is C16H14N4O7. The number of hydrogen-bond acceptors (Lipinski definition) is 8. The number of carbonyl (C=O) groups excluding carboxylic acids is 1. The van der Waals surface area contributed by atoms with Crippen molar-refractivity contribution in [2.24, 2.45) is 5.10 Å². The zero-order chi connectivity index (χ0) is 20.0. The number of benzene rings is 2. The number of aromatic hydroxyl groups is 1. The summed E-state index contributed by atoms with van der Waals surface area (Å²) in [6.45, 7) is 1.56. The summed E-state index contributed by atoms with van der Waals surface area (Å²) in [5, 5.41) is 35.0. The van der Waals surface area contributed by atoms with E-state index in [9.17, 15) is 30.1 Å². The van der Waals surface area contributed by atoms with Crippen LogP contribution in [0.1, 0.15) is 11.1 Å². The number of phenols is 1. The Morgan fingerprint density at radius 3 is 2.48 bits per heavy atom. The Morgan fingerprint density at radius 2 is 1.89 bits per heavy atom. The number of ether oxygens (including phenoxy) is 1. The maximum Gasteiger partial charge on any atom is 0.318 e. The van der Waals surface area contributed by atoms with Crippen molar-refractivity contribution < 1.29 is 24.5 Å². The van der Waals surface area contributed by atoms with Gasteiger partial charge in [-0.15, -0.1) is 0 Å². The number of rotatable bonds is 7. The summed E-state index contributed by atoms with van der Waals surface area (Å²) < 4.78 is 5.24. The summed E-state index contributed by atoms with van der Waals surface area (Å²) in [5.74, 6) is -0.961. The van der Waals surface area contributed by atoms with Gasteiger partial charge in [-0.05, 0) is 19.1 Å². The quantitative estimate of drug-likeness (QED) is 0.426. The number of phenolic OH excluding ortho intramolecular Hbond substituents is 1. The lowest BCUT2D eigenvalue weighted by atomic mass is 10.1. The molecule has 0 aliphatic carbocycles. The predicted octanol–water partition coefficient (Wildman–Crippen LogP) is 2.05. The smallest absolute Gasteiger partial charge is 0.318 e. The summed E-state index contributed by atoms with van der Waals surface area (Å²) in [5.41, 5.74) is 1.38. The molecule has 2 aromatic rings. The van der Waals surface area contributed by atoms with E-state index in [1.165, 1.54) is 0 Å². The Kier molecular flexibility index (Phi) is 5.99. The summed E-state index contributed by atoms with van der Waals surface area (Å²) in [4.78, 5) is 31.6. The van der Waals surface area contributed by atoms with E-state index in [1.807, 2.05) is 19.1 Å². The Labute approximate surface area is 152 Å². The molecule has 2 N–H and O–H groups in total. The summed E-state index contributed by atoms with van der Waals surface area (Å²) >= 11 is 0. The van der Waals surface area contributed by atoms with E-state index >= 15 is 0 Å². The summed E-state index contributed by atoms with van der Waals surface area (Å²) in [6.07, 6.45) is 0.860. The second-order valence-electron chi connectivity index (χ2n) is 5.31. The maximum atomic E-state index is 11.7. The van der Waals surface area contributed by atoms with Crippen LogP contribution in [0.5, 0.6) is 11.5 Å². The van der Waals surface area contributed by atoms with E-state index in [1.54, 1.807) is 12.1 Å². The van der Waals surface area contributed by atoms with Gasteiger partial charge in [0.15, 0.2) is 6.61 Å². The van der Waals surface area contributed by atoms with Crippen molar-refractivity contribution in [2.75, 3.05) is 6.61 Å². The van der Waals surface area contributed by atoms with Crippen LogP contribution < -0.4 is 10.2 Å². The van der Waals surface area contributed by atoms with Crippen LogP contribution in [0.15, 0.2) is 41.5 Å². The van der Waals surface area contributed by atoms with Gasteiger partial charge in [0.25, 0.3) is 11.6 Å². The minimum absolute atomic E-state index is 0.296. The average Bonchev–Trinajstić information content (AvgIpc) is 2.62. The van der Waals surface area contributed by atoms with Gasteiger partial charge in [-0.1, -0.05) is 17.7 Å². The van der Waals surface area contributed by atoms with Crippen molar-refractivity contribution in [3.8, 4) is 11.5 Å². The van der Waals surface area contributed by atoms with Crippen LogP contribution in [-0.2, 0) is 4.79 Å². The van der Waals surface area contributed by atoms with Gasteiger partial charge in [0, 0.05) is 6.07 Å². The highest BCUT2D eigenvalue weighted by molar-refractivity contribution is 5.88. The molecule has 0 saturated heterocycles. The molecule has 0 bridgehead atoms. The maximum absolute atomic E-state index is 11.7. The number of amides is 1. The molecule has 11 nitrogen and oxygen atoms in total. The first-order valence-corrected chi connectivity index (χ1v) is 7.45. The van der Waals surface area contributed by atoms with Crippen LogP contribution in [0.4, 0.5) is 11.4 Å². The van der Waals surface area contributed by atoms with Gasteiger partial charge in [0.1, 0.15) is 5.75 Å². The molecule has 0 aromatic heterocycles. The largest absolute Gasteiger partial charge is 0.502 e. The molecule has 0 aliphatic heterocycles. The van der Waals surface area contributed by atoms with E-state index in [2.05, 4.69) is 10.5 Å². The molecule has 11 heteroatoms. The predicted molar refractivity (Wildman–Crippen MR) is 93.8 cm³/mol. The fourth-order valence-corrected chi connectivity index (χ4v) is 1.96. The average molecular weight is 374 g/mol. The van der Waals surface area contributed by atoms with Crippen LogP contribution in [-0.4, -0.2) is 33.7 Å². The van der Waals surface area contributed by atoms with Crippen molar-refractivity contribution >= 4 is 23.5 Å². The molecule has 0 spiro atoms. The third kappa shape index (κ3) is 5.22. The first-order chi connectivity index (χ1) is 12.8. The van der Waals surface area contributed by atoms with Crippen molar-refractivity contribution in [3.05, 3.63) is 67.8 Å². The normalized spacial score (nSPS) is 10.6. The van der Waals surface area contributed by atoms with Gasteiger partial charge in [0.05, 0.1) is 27.7 Å². The van der Waals surface area contributed by atoms with Crippen LogP contribution in [0.3, 0.4) is 0 Å². The third-order valence-electron chi connectivity index (χ3n) is 3.30. The van der Waals surface area contributed by atoms with Crippen LogP contribution in [0, 0.1) is 27.2 Å². The van der Waals surface area contributed by atoms with E-state index in [4.69, 9.17) is 4.74 Å². The monoisotopic (exact) mass is 374 g/mol. The lowest BCUT2D eigenvalue weighted by Gasteiger charge is -2.05. The number of hydrogen-bond donors (Lipinski definition) is 2. The number of nitrogens with one attached hydrogen (secondary N) is 1. The number of nitro benzene ring substituents is 2. The Bertz CT molecular complexity index is 910.